The Morgan fingerprint density at radius 3 is 1.03 bits per heavy atom. The molecule has 31 heavy (non-hydrogen) atoms. The smallest absolute Gasteiger partial charge is 0.104 e. The van der Waals surface area contributed by atoms with Gasteiger partial charge in [0.2, 0.25) is 0 Å². The van der Waals surface area contributed by atoms with E-state index in [1.165, 1.54) is 0 Å². The molecule has 0 saturated carbocycles. The van der Waals surface area contributed by atoms with Gasteiger partial charge in [-0.2, -0.15) is 0 Å². The minimum atomic E-state index is -1.10. The van der Waals surface area contributed by atoms with Gasteiger partial charge >= 0.3 is 0 Å². The lowest BCUT2D eigenvalue weighted by molar-refractivity contribution is -0.132. The van der Waals surface area contributed by atoms with Crippen LogP contribution in [0.15, 0.2) is 0 Å². The fraction of sp³-hybridized carbons (Fsp3) is 1.00. The van der Waals surface area contributed by atoms with Gasteiger partial charge in [0.05, 0.1) is 79.3 Å². The molecule has 5 atom stereocenters. The van der Waals surface area contributed by atoms with Crippen LogP contribution in [-0.4, -0.2) is 157 Å². The summed E-state index contributed by atoms with van der Waals surface area (Å²) in [4.78, 5) is 0. The van der Waals surface area contributed by atoms with Crippen LogP contribution >= 0.6 is 0 Å². The molecule has 0 aromatic heterocycles. The summed E-state index contributed by atoms with van der Waals surface area (Å²) in [6, 6.07) is 0. The van der Waals surface area contributed by atoms with E-state index in [4.69, 9.17) is 44.1 Å². The maximum atomic E-state index is 9.46. The van der Waals surface area contributed by atoms with Gasteiger partial charge in [0.25, 0.3) is 0 Å². The second kappa shape index (κ2) is 20.1. The van der Waals surface area contributed by atoms with Crippen molar-refractivity contribution >= 4 is 0 Å². The number of ether oxygens (including phenoxy) is 5. The summed E-state index contributed by atoms with van der Waals surface area (Å²) < 4.78 is 26.9. The summed E-state index contributed by atoms with van der Waals surface area (Å²) in [6.45, 7) is -2.68. The Bertz CT molecular complexity index is 373. The van der Waals surface area contributed by atoms with E-state index in [9.17, 15) is 20.4 Å². The number of aliphatic hydroxyl groups excluding tert-OH is 8. The fourth-order valence-corrected chi connectivity index (χ4v) is 2.00. The first kappa shape index (κ1) is 30.5. The third-order valence-corrected chi connectivity index (χ3v) is 3.73. The molecule has 0 aromatic carbocycles. The van der Waals surface area contributed by atoms with Crippen molar-refractivity contribution in [3.05, 3.63) is 0 Å². The van der Waals surface area contributed by atoms with Gasteiger partial charge in [-0.3, -0.25) is 0 Å². The molecule has 0 aliphatic heterocycles. The molecule has 0 fully saturated rings. The van der Waals surface area contributed by atoms with Crippen LogP contribution in [0.5, 0.6) is 0 Å². The first-order valence-electron chi connectivity index (χ1n) is 9.98. The Kier molecular flexibility index (Phi) is 19.8. The van der Waals surface area contributed by atoms with Crippen LogP contribution in [0.25, 0.3) is 0 Å². The third-order valence-electron chi connectivity index (χ3n) is 3.73. The molecule has 0 amide bonds. The summed E-state index contributed by atoms with van der Waals surface area (Å²) in [7, 11) is 0. The molecule has 0 saturated heterocycles. The van der Waals surface area contributed by atoms with Gasteiger partial charge in [-0.15, -0.1) is 0 Å². The summed E-state index contributed by atoms with van der Waals surface area (Å²) >= 11 is 0. The average molecular weight is 462 g/mol. The summed E-state index contributed by atoms with van der Waals surface area (Å²) in [5.41, 5.74) is 0. The topological polar surface area (TPSA) is 208 Å². The summed E-state index contributed by atoms with van der Waals surface area (Å²) in [5, 5.41) is 72.9. The zero-order valence-corrected chi connectivity index (χ0v) is 17.6. The van der Waals surface area contributed by atoms with Crippen LogP contribution in [0.1, 0.15) is 0 Å². The maximum Gasteiger partial charge on any atom is 0.104 e. The van der Waals surface area contributed by atoms with Gasteiger partial charge in [-0.1, -0.05) is 0 Å². The second-order valence-corrected chi connectivity index (χ2v) is 6.87. The van der Waals surface area contributed by atoms with Gasteiger partial charge < -0.3 is 64.5 Å². The fourth-order valence-electron chi connectivity index (χ4n) is 2.00. The second-order valence-electron chi connectivity index (χ2n) is 6.87. The molecule has 13 heteroatoms. The monoisotopic (exact) mass is 462 g/mol. The molecule has 0 spiro atoms. The molecule has 0 rings (SSSR count). The van der Waals surface area contributed by atoms with E-state index in [-0.39, 0.29) is 52.9 Å². The van der Waals surface area contributed by atoms with Gasteiger partial charge in [-0.25, -0.2) is 0 Å². The SMILES string of the molecule is OCC(O)COCC(COCC(O)CO)OCC(COCC(O)CO)OCC(O)CO. The molecule has 5 unspecified atom stereocenters. The van der Waals surface area contributed by atoms with E-state index in [0.29, 0.717) is 0 Å². The number of hydrogen-bond acceptors (Lipinski definition) is 13. The quantitative estimate of drug-likeness (QED) is 0.0761. The van der Waals surface area contributed by atoms with Crippen molar-refractivity contribution in [2.45, 2.75) is 36.6 Å². The van der Waals surface area contributed by atoms with Crippen molar-refractivity contribution in [1.29, 1.82) is 0 Å². The van der Waals surface area contributed by atoms with E-state index in [1.54, 1.807) is 0 Å². The van der Waals surface area contributed by atoms with E-state index < -0.39 is 63.1 Å². The van der Waals surface area contributed by atoms with E-state index in [2.05, 4.69) is 0 Å². The van der Waals surface area contributed by atoms with Crippen LogP contribution < -0.4 is 0 Å². The molecule has 0 bridgehead atoms. The summed E-state index contributed by atoms with van der Waals surface area (Å²) in [5.74, 6) is 0. The Balaban J connectivity index is 4.67. The molecular formula is C18H38O13. The van der Waals surface area contributed by atoms with Crippen molar-refractivity contribution in [1.82, 2.24) is 0 Å². The zero-order valence-electron chi connectivity index (χ0n) is 17.6. The van der Waals surface area contributed by atoms with E-state index in [0.717, 1.165) is 0 Å². The van der Waals surface area contributed by atoms with Gasteiger partial charge in [0, 0.05) is 0 Å². The lowest BCUT2D eigenvalue weighted by Crippen LogP contribution is -2.36. The standard InChI is InChI=1S/C18H38O13/c19-1-13(23)5-27-9-17(10-28-6-14(24)2-20)31-12-18(30-8-16(26)4-22)11-29-7-15(25)3-21/h13-26H,1-12H2. The van der Waals surface area contributed by atoms with Crippen molar-refractivity contribution in [3.8, 4) is 0 Å². The molecule has 0 radical (unpaired) electrons. The Labute approximate surface area is 181 Å². The van der Waals surface area contributed by atoms with Crippen molar-refractivity contribution in [2.24, 2.45) is 0 Å². The first-order valence-corrected chi connectivity index (χ1v) is 9.98. The summed E-state index contributed by atoms with van der Waals surface area (Å²) in [6.07, 6.45) is -5.65. The van der Waals surface area contributed by atoms with Crippen LogP contribution in [0, 0.1) is 0 Å². The molecule has 0 aromatic rings. The normalized spacial score (nSPS) is 17.8. The highest BCUT2D eigenvalue weighted by Crippen LogP contribution is 2.04. The Morgan fingerprint density at radius 2 is 0.677 bits per heavy atom. The lowest BCUT2D eigenvalue weighted by atomic mass is 10.3. The van der Waals surface area contributed by atoms with Crippen LogP contribution in [0.3, 0.4) is 0 Å². The first-order chi connectivity index (χ1) is 14.9. The number of aliphatic hydroxyl groups is 8. The average Bonchev–Trinajstić information content (AvgIpc) is 2.78. The predicted octanol–water partition coefficient (Wildman–Crippen LogP) is -4.78. The van der Waals surface area contributed by atoms with E-state index in [1.807, 2.05) is 0 Å². The Morgan fingerprint density at radius 1 is 0.387 bits per heavy atom. The molecule has 13 nitrogen and oxygen atoms in total. The molecule has 0 aliphatic rings. The largest absolute Gasteiger partial charge is 0.394 e. The highest BCUT2D eigenvalue weighted by Gasteiger charge is 2.19. The maximum absolute atomic E-state index is 9.46. The van der Waals surface area contributed by atoms with Gasteiger partial charge in [0.15, 0.2) is 0 Å². The van der Waals surface area contributed by atoms with Crippen LogP contribution in [0.4, 0.5) is 0 Å². The molecule has 188 valence electrons. The molecular weight excluding hydrogens is 424 g/mol. The van der Waals surface area contributed by atoms with Crippen LogP contribution in [-0.2, 0) is 23.7 Å². The van der Waals surface area contributed by atoms with Crippen molar-refractivity contribution < 1.29 is 64.5 Å². The Hall–Kier alpha value is -0.520. The van der Waals surface area contributed by atoms with Gasteiger partial charge in [0.1, 0.15) is 36.6 Å². The van der Waals surface area contributed by atoms with Crippen molar-refractivity contribution in [2.75, 3.05) is 79.3 Å². The zero-order chi connectivity index (χ0) is 23.5. The van der Waals surface area contributed by atoms with E-state index >= 15 is 0 Å². The van der Waals surface area contributed by atoms with Crippen LogP contribution in [0.2, 0.25) is 0 Å². The molecule has 0 heterocycles. The molecule has 8 N–H and O–H groups in total. The lowest BCUT2D eigenvalue weighted by Gasteiger charge is -2.24. The number of rotatable bonds is 22. The van der Waals surface area contributed by atoms with Crippen molar-refractivity contribution in [3.63, 3.8) is 0 Å². The highest BCUT2D eigenvalue weighted by molar-refractivity contribution is 4.64. The minimum absolute atomic E-state index is 0.0254. The number of hydrogen-bond donors (Lipinski definition) is 8. The highest BCUT2D eigenvalue weighted by atomic mass is 16.6. The molecule has 0 aliphatic carbocycles. The third kappa shape index (κ3) is 17.7. The minimum Gasteiger partial charge on any atom is -0.394 e. The van der Waals surface area contributed by atoms with Gasteiger partial charge in [-0.05, 0) is 0 Å². The predicted molar refractivity (Wildman–Crippen MR) is 104 cm³/mol.